The third-order valence-electron chi connectivity index (χ3n) is 8.68. The largest absolute Gasteiger partial charge is 0.342 e. The lowest BCUT2D eigenvalue weighted by Gasteiger charge is -2.35. The first-order valence-electron chi connectivity index (χ1n) is 13.4. The number of carbonyl (C=O) groups excluding carboxylic acids is 2. The van der Waals surface area contributed by atoms with Gasteiger partial charge in [-0.1, -0.05) is 6.42 Å². The summed E-state index contributed by atoms with van der Waals surface area (Å²) in [4.78, 5) is 52.7. The normalized spacial score (nSPS) is 21.9. The van der Waals surface area contributed by atoms with Gasteiger partial charge in [-0.05, 0) is 75.5 Å². The van der Waals surface area contributed by atoms with Gasteiger partial charge >= 0.3 is 0 Å². The second-order valence-electron chi connectivity index (χ2n) is 10.9. The zero-order valence-corrected chi connectivity index (χ0v) is 21.7. The second kappa shape index (κ2) is 8.37. The van der Waals surface area contributed by atoms with Gasteiger partial charge in [0.1, 0.15) is 34.0 Å². The van der Waals surface area contributed by atoms with E-state index in [1.807, 2.05) is 11.8 Å². The quantitative estimate of drug-likeness (QED) is 0.548. The van der Waals surface area contributed by atoms with Crippen LogP contribution in [0.1, 0.15) is 71.4 Å². The Morgan fingerprint density at radius 2 is 1.97 bits per heavy atom. The van der Waals surface area contributed by atoms with Crippen molar-refractivity contribution in [1.82, 2.24) is 24.8 Å². The van der Waals surface area contributed by atoms with Crippen molar-refractivity contribution in [3.63, 3.8) is 0 Å². The second-order valence-corrected chi connectivity index (χ2v) is 12.0. The zero-order chi connectivity index (χ0) is 25.3. The topological polar surface area (TPSA) is 109 Å². The van der Waals surface area contributed by atoms with Gasteiger partial charge in [-0.25, -0.2) is 9.97 Å². The maximum absolute atomic E-state index is 13.8. The van der Waals surface area contributed by atoms with Crippen molar-refractivity contribution in [2.75, 3.05) is 18.4 Å². The lowest BCUT2D eigenvalue weighted by Crippen LogP contribution is -2.48. The molecule has 1 saturated heterocycles. The molecule has 1 saturated carbocycles. The first-order chi connectivity index (χ1) is 17.9. The molecule has 0 bridgehead atoms. The number of thiophene rings is 1. The van der Waals surface area contributed by atoms with Crippen molar-refractivity contribution in [3.05, 3.63) is 44.4 Å². The van der Waals surface area contributed by atoms with Crippen molar-refractivity contribution in [3.8, 4) is 0 Å². The fraction of sp³-hybridized carbons (Fsp3) is 0.519. The van der Waals surface area contributed by atoms with Crippen LogP contribution in [-0.2, 0) is 23.3 Å². The summed E-state index contributed by atoms with van der Waals surface area (Å²) in [5, 5.41) is 7.43. The Hall–Kier alpha value is -3.27. The first-order valence-corrected chi connectivity index (χ1v) is 14.2. The minimum Gasteiger partial charge on any atom is -0.342 e. The maximum atomic E-state index is 13.8. The summed E-state index contributed by atoms with van der Waals surface area (Å²) in [6.07, 6.45) is 9.60. The summed E-state index contributed by atoms with van der Waals surface area (Å²) < 4.78 is 1.71. The molecule has 2 aliphatic heterocycles. The highest BCUT2D eigenvalue weighted by Crippen LogP contribution is 2.42. The molecular formula is C27H30N6O3S. The van der Waals surface area contributed by atoms with Crippen molar-refractivity contribution in [1.29, 1.82) is 0 Å². The summed E-state index contributed by atoms with van der Waals surface area (Å²) in [5.74, 6) is 0.759. The fourth-order valence-corrected chi connectivity index (χ4v) is 7.94. The molecule has 1 spiro atoms. The zero-order valence-electron chi connectivity index (χ0n) is 20.9. The lowest BCUT2D eigenvalue weighted by molar-refractivity contribution is -0.139. The van der Waals surface area contributed by atoms with E-state index in [1.54, 1.807) is 22.0 Å². The molecular weight excluding hydrogens is 488 g/mol. The number of anilines is 2. The SMILES string of the molecule is Cc1cc(Nc2ncnc3sc4c(c23)CC[C@H](C(=O)N2CCC2)C4)c(=O)n2c1C(=O)NC21CCCCC1. The molecule has 7 rings (SSSR count). The number of nitrogens with one attached hydrogen (secondary N) is 2. The summed E-state index contributed by atoms with van der Waals surface area (Å²) in [6.45, 7) is 3.65. The van der Waals surface area contributed by atoms with Gasteiger partial charge in [0.2, 0.25) is 5.91 Å². The highest BCUT2D eigenvalue weighted by molar-refractivity contribution is 7.19. The summed E-state index contributed by atoms with van der Waals surface area (Å²) >= 11 is 1.63. The van der Waals surface area contributed by atoms with Crippen LogP contribution in [0.4, 0.5) is 11.5 Å². The van der Waals surface area contributed by atoms with Crippen LogP contribution < -0.4 is 16.2 Å². The molecule has 3 aromatic heterocycles. The number of likely N-dealkylation sites (tertiary alicyclic amines) is 1. The molecule has 2 fully saturated rings. The fourth-order valence-electron chi connectivity index (χ4n) is 6.67. The van der Waals surface area contributed by atoms with Gasteiger partial charge in [-0.2, -0.15) is 0 Å². The molecule has 3 aromatic rings. The number of carbonyl (C=O) groups is 2. The number of amides is 2. The molecule has 2 aliphatic carbocycles. The van der Waals surface area contributed by atoms with E-state index in [2.05, 4.69) is 20.6 Å². The highest BCUT2D eigenvalue weighted by atomic mass is 32.1. The van der Waals surface area contributed by atoms with Gasteiger partial charge in [0.15, 0.2) is 0 Å². The predicted molar refractivity (Wildman–Crippen MR) is 141 cm³/mol. The Balaban J connectivity index is 1.27. The highest BCUT2D eigenvalue weighted by Gasteiger charge is 2.45. The van der Waals surface area contributed by atoms with Crippen LogP contribution in [0.2, 0.25) is 0 Å². The molecule has 37 heavy (non-hydrogen) atoms. The van der Waals surface area contributed by atoms with E-state index in [-0.39, 0.29) is 23.3 Å². The van der Waals surface area contributed by atoms with Crippen LogP contribution in [0.3, 0.4) is 0 Å². The van der Waals surface area contributed by atoms with Crippen LogP contribution in [0, 0.1) is 12.8 Å². The molecule has 0 unspecified atom stereocenters. The van der Waals surface area contributed by atoms with E-state index in [0.717, 1.165) is 86.7 Å². The number of fused-ring (bicyclic) bond motifs is 5. The smallest absolute Gasteiger partial charge is 0.276 e. The van der Waals surface area contributed by atoms with Gasteiger partial charge in [-0.3, -0.25) is 19.0 Å². The molecule has 2 N–H and O–H groups in total. The predicted octanol–water partition coefficient (Wildman–Crippen LogP) is 3.60. The summed E-state index contributed by atoms with van der Waals surface area (Å²) in [7, 11) is 0. The molecule has 0 aromatic carbocycles. The van der Waals surface area contributed by atoms with Gasteiger partial charge in [0.05, 0.1) is 5.39 Å². The number of hydrogen-bond donors (Lipinski definition) is 2. The molecule has 192 valence electrons. The van der Waals surface area contributed by atoms with E-state index in [9.17, 15) is 14.4 Å². The van der Waals surface area contributed by atoms with Gasteiger partial charge < -0.3 is 15.5 Å². The summed E-state index contributed by atoms with van der Waals surface area (Å²) in [6, 6.07) is 1.77. The molecule has 9 nitrogen and oxygen atoms in total. The Bertz CT molecular complexity index is 1510. The number of pyridine rings is 1. The van der Waals surface area contributed by atoms with Gasteiger partial charge in [-0.15, -0.1) is 11.3 Å². The minimum absolute atomic E-state index is 0.0333. The molecule has 0 radical (unpaired) electrons. The average Bonchev–Trinajstić information content (AvgIpc) is 3.36. The third kappa shape index (κ3) is 3.44. The monoisotopic (exact) mass is 518 g/mol. The summed E-state index contributed by atoms with van der Waals surface area (Å²) in [5.41, 5.74) is 2.02. The van der Waals surface area contributed by atoms with E-state index in [4.69, 9.17) is 0 Å². The third-order valence-corrected chi connectivity index (χ3v) is 9.84. The number of aromatic nitrogens is 3. The average molecular weight is 519 g/mol. The Morgan fingerprint density at radius 3 is 2.73 bits per heavy atom. The number of rotatable bonds is 3. The number of aryl methyl sites for hydroxylation is 2. The van der Waals surface area contributed by atoms with Crippen LogP contribution in [0.15, 0.2) is 17.2 Å². The number of nitrogens with zero attached hydrogens (tertiary/aromatic N) is 4. The molecule has 1 atom stereocenters. The van der Waals surface area contributed by atoms with Crippen LogP contribution >= 0.6 is 11.3 Å². The Morgan fingerprint density at radius 1 is 1.16 bits per heavy atom. The molecule has 5 heterocycles. The standard InChI is InChI=1S/C27H30N6O3S/c1-15-12-18(26(36)33-21(15)23(34)31-27(33)8-3-2-4-9-27)30-22-20-17-7-6-16(25(35)32-10-5-11-32)13-19(17)37-24(20)29-14-28-22/h12,14,16H,2-11,13H2,1H3,(H,31,34)(H,28,29,30)/t16-/m0/s1. The Labute approximate surface area is 218 Å². The molecule has 2 amide bonds. The van der Waals surface area contributed by atoms with E-state index >= 15 is 0 Å². The first kappa shape index (κ1) is 22.9. The molecule has 4 aliphatic rings. The van der Waals surface area contributed by atoms with Gasteiger partial charge in [0, 0.05) is 23.9 Å². The van der Waals surface area contributed by atoms with E-state index in [1.165, 1.54) is 16.8 Å². The van der Waals surface area contributed by atoms with Crippen molar-refractivity contribution in [2.24, 2.45) is 5.92 Å². The van der Waals surface area contributed by atoms with Crippen LogP contribution in [0.25, 0.3) is 10.2 Å². The van der Waals surface area contributed by atoms with Crippen LogP contribution in [-0.4, -0.2) is 44.3 Å². The van der Waals surface area contributed by atoms with E-state index < -0.39 is 5.66 Å². The van der Waals surface area contributed by atoms with Crippen LogP contribution in [0.5, 0.6) is 0 Å². The number of hydrogen-bond acceptors (Lipinski definition) is 7. The maximum Gasteiger partial charge on any atom is 0.276 e. The lowest BCUT2D eigenvalue weighted by atomic mass is 9.86. The van der Waals surface area contributed by atoms with Crippen molar-refractivity contribution in [2.45, 2.75) is 70.4 Å². The van der Waals surface area contributed by atoms with E-state index in [0.29, 0.717) is 17.2 Å². The van der Waals surface area contributed by atoms with Crippen molar-refractivity contribution < 1.29 is 9.59 Å². The van der Waals surface area contributed by atoms with Gasteiger partial charge in [0.25, 0.3) is 11.5 Å². The minimum atomic E-state index is -0.634. The Kier molecular flexibility index (Phi) is 5.18. The van der Waals surface area contributed by atoms with Crippen molar-refractivity contribution >= 4 is 44.9 Å². The molecule has 10 heteroatoms.